The van der Waals surface area contributed by atoms with Crippen molar-refractivity contribution in [3.63, 3.8) is 0 Å². The van der Waals surface area contributed by atoms with E-state index >= 15 is 0 Å². The van der Waals surface area contributed by atoms with Crippen LogP contribution in [-0.2, 0) is 46.4 Å². The average Bonchev–Trinajstić information content (AvgIpc) is 3.46. The van der Waals surface area contributed by atoms with E-state index in [2.05, 4.69) is 11.5 Å². The summed E-state index contributed by atoms with van der Waals surface area (Å²) in [6, 6.07) is 7.22. The third-order valence-electron chi connectivity index (χ3n) is 6.61. The quantitative estimate of drug-likeness (QED) is 0.558. The lowest BCUT2D eigenvalue weighted by Gasteiger charge is -2.30. The van der Waals surface area contributed by atoms with E-state index in [0.29, 0.717) is 19.6 Å². The summed E-state index contributed by atoms with van der Waals surface area (Å²) in [6.07, 6.45) is 2.34. The van der Waals surface area contributed by atoms with Gasteiger partial charge in [0.15, 0.2) is 11.5 Å². The van der Waals surface area contributed by atoms with E-state index in [1.807, 2.05) is 18.2 Å². The van der Waals surface area contributed by atoms with Gasteiger partial charge in [0.25, 0.3) is 11.5 Å². The molecule has 10 heteroatoms. The topological polar surface area (TPSA) is 101 Å². The van der Waals surface area contributed by atoms with Crippen LogP contribution in [0.2, 0.25) is 0 Å². The van der Waals surface area contributed by atoms with Crippen LogP contribution in [0.4, 0.5) is 0 Å². The van der Waals surface area contributed by atoms with Crippen molar-refractivity contribution in [1.29, 1.82) is 0 Å². The molecule has 0 bridgehead atoms. The molecular weight excluding hydrogens is 438 g/mol. The van der Waals surface area contributed by atoms with E-state index < -0.39 is 11.2 Å². The van der Waals surface area contributed by atoms with Gasteiger partial charge < -0.3 is 18.9 Å². The normalized spacial score (nSPS) is 14.4. The molecule has 1 aromatic carbocycles. The summed E-state index contributed by atoms with van der Waals surface area (Å²) in [4.78, 5) is 44.2. The van der Waals surface area contributed by atoms with E-state index in [1.165, 1.54) is 24.7 Å². The Labute approximate surface area is 196 Å². The van der Waals surface area contributed by atoms with Crippen LogP contribution in [-0.4, -0.2) is 42.8 Å². The summed E-state index contributed by atoms with van der Waals surface area (Å²) in [7, 11) is 2.91. The highest BCUT2D eigenvalue weighted by molar-refractivity contribution is 5.92. The Balaban J connectivity index is 1.37. The number of hydrogen-bond acceptors (Lipinski definition) is 6. The fourth-order valence-corrected chi connectivity index (χ4v) is 4.61. The van der Waals surface area contributed by atoms with Crippen molar-refractivity contribution in [2.75, 3.05) is 13.3 Å². The van der Waals surface area contributed by atoms with Crippen LogP contribution in [0, 0.1) is 0 Å². The second-order valence-corrected chi connectivity index (χ2v) is 8.61. The zero-order chi connectivity index (χ0) is 24.0. The molecule has 0 aliphatic carbocycles. The average molecular weight is 466 g/mol. The highest BCUT2D eigenvalue weighted by atomic mass is 16.7. The Hall–Kier alpha value is -3.82. The lowest BCUT2D eigenvalue weighted by Crippen LogP contribution is -2.44. The fraction of sp³-hybridized carbons (Fsp3) is 0.417. The van der Waals surface area contributed by atoms with E-state index in [1.54, 1.807) is 4.90 Å². The van der Waals surface area contributed by atoms with Crippen molar-refractivity contribution in [1.82, 2.24) is 23.6 Å². The first kappa shape index (κ1) is 22.0. The van der Waals surface area contributed by atoms with E-state index in [4.69, 9.17) is 14.5 Å². The second kappa shape index (κ2) is 8.51. The zero-order valence-electron chi connectivity index (χ0n) is 19.5. The first-order valence-electron chi connectivity index (χ1n) is 11.4. The van der Waals surface area contributed by atoms with Gasteiger partial charge in [-0.2, -0.15) is 0 Å². The predicted octanol–water partition coefficient (Wildman–Crippen LogP) is 1.01. The Morgan fingerprint density at radius 1 is 1.03 bits per heavy atom. The van der Waals surface area contributed by atoms with Gasteiger partial charge in [0, 0.05) is 39.7 Å². The van der Waals surface area contributed by atoms with Gasteiger partial charge in [0.1, 0.15) is 11.5 Å². The number of rotatable bonds is 5. The number of fused-ring (bicyclic) bond motifs is 2. The third kappa shape index (κ3) is 3.68. The summed E-state index contributed by atoms with van der Waals surface area (Å²) < 4.78 is 15.3. The molecule has 0 unspecified atom stereocenters. The standard InChI is InChI=1S/C24H27N5O5/c1-4-16-18-13-28(23(31)17-12-22(30)27(3)24(32)26(17)2)9-10-29(18)21(25-16)8-6-15-5-7-19-20(11-15)34-14-33-19/h5,7,11-12H,4,6,8-10,13-14H2,1-3H3. The molecule has 0 N–H and O–H groups in total. The molecule has 1 amide bonds. The van der Waals surface area contributed by atoms with Gasteiger partial charge >= 0.3 is 5.69 Å². The van der Waals surface area contributed by atoms with Crippen LogP contribution in [0.5, 0.6) is 11.5 Å². The minimum Gasteiger partial charge on any atom is -0.454 e. The lowest BCUT2D eigenvalue weighted by atomic mass is 10.1. The lowest BCUT2D eigenvalue weighted by molar-refractivity contribution is 0.0697. The number of amides is 1. The molecule has 3 aromatic rings. The SMILES string of the molecule is CCc1nc(CCc2ccc3c(c2)OCO3)n2c1CN(C(=O)c1cc(=O)n(C)c(=O)n1C)CC2. The summed E-state index contributed by atoms with van der Waals surface area (Å²) in [5.74, 6) is 2.22. The molecule has 34 heavy (non-hydrogen) atoms. The highest BCUT2D eigenvalue weighted by Gasteiger charge is 2.28. The summed E-state index contributed by atoms with van der Waals surface area (Å²) in [6.45, 7) is 3.79. The minimum atomic E-state index is -0.516. The Morgan fingerprint density at radius 2 is 1.82 bits per heavy atom. The number of carbonyl (C=O) groups is 1. The molecule has 4 heterocycles. The molecule has 0 fully saturated rings. The van der Waals surface area contributed by atoms with Gasteiger partial charge in [-0.3, -0.25) is 18.7 Å². The number of ether oxygens (including phenoxy) is 2. The molecule has 0 spiro atoms. The molecule has 5 rings (SSSR count). The summed E-state index contributed by atoms with van der Waals surface area (Å²) >= 11 is 0. The number of imidazole rings is 1. The molecule has 0 saturated carbocycles. The molecule has 0 radical (unpaired) electrons. The van der Waals surface area contributed by atoms with Gasteiger partial charge in [-0.05, 0) is 30.5 Å². The third-order valence-corrected chi connectivity index (χ3v) is 6.61. The van der Waals surface area contributed by atoms with Crippen LogP contribution < -0.4 is 20.7 Å². The van der Waals surface area contributed by atoms with E-state index in [9.17, 15) is 14.4 Å². The molecule has 2 aliphatic rings. The summed E-state index contributed by atoms with van der Waals surface area (Å²) in [5, 5.41) is 0. The Morgan fingerprint density at radius 3 is 2.62 bits per heavy atom. The maximum absolute atomic E-state index is 13.2. The monoisotopic (exact) mass is 465 g/mol. The second-order valence-electron chi connectivity index (χ2n) is 8.61. The van der Waals surface area contributed by atoms with Crippen molar-refractivity contribution >= 4 is 5.91 Å². The Kier molecular flexibility index (Phi) is 5.51. The van der Waals surface area contributed by atoms with Crippen molar-refractivity contribution in [3.05, 3.63) is 73.6 Å². The van der Waals surface area contributed by atoms with Crippen molar-refractivity contribution < 1.29 is 14.3 Å². The maximum atomic E-state index is 13.2. The van der Waals surface area contributed by atoms with Crippen LogP contribution in [0.1, 0.15) is 40.2 Å². The maximum Gasteiger partial charge on any atom is 0.331 e. The van der Waals surface area contributed by atoms with Crippen LogP contribution in [0.25, 0.3) is 0 Å². The van der Waals surface area contributed by atoms with Gasteiger partial charge in [0.05, 0.1) is 17.9 Å². The Bertz CT molecular complexity index is 1400. The molecule has 0 saturated heterocycles. The number of benzene rings is 1. The van der Waals surface area contributed by atoms with Gasteiger partial charge in [-0.1, -0.05) is 13.0 Å². The molecule has 2 aromatic heterocycles. The first-order chi connectivity index (χ1) is 16.4. The fourth-order valence-electron chi connectivity index (χ4n) is 4.61. The zero-order valence-corrected chi connectivity index (χ0v) is 19.5. The molecule has 178 valence electrons. The van der Waals surface area contributed by atoms with Gasteiger partial charge in [-0.25, -0.2) is 9.78 Å². The van der Waals surface area contributed by atoms with Crippen LogP contribution in [0.15, 0.2) is 33.9 Å². The van der Waals surface area contributed by atoms with E-state index in [-0.39, 0.29) is 18.4 Å². The van der Waals surface area contributed by atoms with Crippen molar-refractivity contribution in [2.45, 2.75) is 39.3 Å². The number of nitrogens with zero attached hydrogens (tertiary/aromatic N) is 5. The van der Waals surface area contributed by atoms with Crippen LogP contribution >= 0.6 is 0 Å². The molecule has 10 nitrogen and oxygen atoms in total. The van der Waals surface area contributed by atoms with Gasteiger partial charge in [0.2, 0.25) is 6.79 Å². The largest absolute Gasteiger partial charge is 0.454 e. The molecular formula is C24H27N5O5. The van der Waals surface area contributed by atoms with Crippen molar-refractivity contribution in [2.24, 2.45) is 14.1 Å². The minimum absolute atomic E-state index is 0.0992. The molecule has 0 atom stereocenters. The molecule has 2 aliphatic heterocycles. The first-order valence-corrected chi connectivity index (χ1v) is 11.4. The number of hydrogen-bond donors (Lipinski definition) is 0. The predicted molar refractivity (Wildman–Crippen MR) is 123 cm³/mol. The number of aryl methyl sites for hydroxylation is 3. The number of aromatic nitrogens is 4. The number of carbonyl (C=O) groups excluding carboxylic acids is 1. The smallest absolute Gasteiger partial charge is 0.331 e. The highest BCUT2D eigenvalue weighted by Crippen LogP contribution is 2.33. The van der Waals surface area contributed by atoms with E-state index in [0.717, 1.165) is 58.1 Å². The summed E-state index contributed by atoms with van der Waals surface area (Å²) in [5.41, 5.74) is 2.22. The van der Waals surface area contributed by atoms with Crippen LogP contribution in [0.3, 0.4) is 0 Å². The van der Waals surface area contributed by atoms with Gasteiger partial charge in [-0.15, -0.1) is 0 Å². The van der Waals surface area contributed by atoms with Crippen molar-refractivity contribution in [3.8, 4) is 11.5 Å².